The maximum absolute atomic E-state index is 6.78. The van der Waals surface area contributed by atoms with E-state index in [-0.39, 0.29) is 0 Å². The molecule has 5 heterocycles. The largest absolute Gasteiger partial charge is 0.456 e. The van der Waals surface area contributed by atoms with Gasteiger partial charge in [0.25, 0.3) is 0 Å². The molecule has 0 aliphatic heterocycles. The summed E-state index contributed by atoms with van der Waals surface area (Å²) in [4.78, 5) is 7.35. The summed E-state index contributed by atoms with van der Waals surface area (Å²) in [6.45, 7) is 0. The average Bonchev–Trinajstić information content (AvgIpc) is 1.51. The first-order valence-corrected chi connectivity index (χ1v) is 41.9. The number of rotatable bonds is 13. The second-order valence-corrected chi connectivity index (χ2v) is 33.4. The van der Waals surface area contributed by atoms with Gasteiger partial charge in [-0.1, -0.05) is 231 Å². The van der Waals surface area contributed by atoms with Crippen LogP contribution in [-0.4, -0.2) is 4.57 Å². The molecule has 8 heteroatoms. The van der Waals surface area contributed by atoms with Crippen LogP contribution >= 0.6 is 34.0 Å². The predicted molar refractivity (Wildman–Crippen MR) is 500 cm³/mol. The number of para-hydroxylation sites is 4. The predicted octanol–water partition coefficient (Wildman–Crippen LogP) is 32.7. The van der Waals surface area contributed by atoms with Gasteiger partial charge in [-0.2, -0.15) is 0 Å². The Morgan fingerprint density at radius 2 is 0.724 bits per heavy atom. The van der Waals surface area contributed by atoms with E-state index in [0.29, 0.717) is 0 Å². The first kappa shape index (κ1) is 66.2. The SMILES string of the molecule is c1ccc(N(c2ccccc2)c2ccc3c(c2)sc2ccc(N(c4ccc5ccccc5c4)c4ccc5oc6cc7ccccc7cc6c5c4)c(-c4cccc5cc(N(c6ccc(-c7cccc8sc9ccccc9c78)cc6)c6ccc7sc8c(-c9cccc%10c9c9ccccc9n%10-c9ccccc9)cccc8c7c6)ccc45)c23)cc1. The number of furan rings is 1. The van der Waals surface area contributed by atoms with Gasteiger partial charge in [0.05, 0.1) is 16.7 Å². The topological polar surface area (TPSA) is 27.8 Å². The highest BCUT2D eigenvalue weighted by Crippen LogP contribution is 2.54. The molecule has 0 aliphatic carbocycles. The lowest BCUT2D eigenvalue weighted by atomic mass is 9.91. The van der Waals surface area contributed by atoms with Crippen molar-refractivity contribution in [2.24, 2.45) is 0 Å². The molecule has 5 aromatic heterocycles. The molecule has 116 heavy (non-hydrogen) atoms. The normalized spacial score (nSPS) is 12.0. The fraction of sp³-hybridized carbons (Fsp3) is 0. The Morgan fingerprint density at radius 3 is 1.55 bits per heavy atom. The van der Waals surface area contributed by atoms with Crippen LogP contribution in [0.3, 0.4) is 0 Å². The molecular weight excluding hydrogens is 1470 g/mol. The Labute approximate surface area is 679 Å². The molecule has 0 unspecified atom stereocenters. The van der Waals surface area contributed by atoms with Crippen molar-refractivity contribution in [2.75, 3.05) is 14.7 Å². The Hall–Kier alpha value is -14.4. The molecule has 0 aliphatic rings. The van der Waals surface area contributed by atoms with E-state index >= 15 is 0 Å². The fourth-order valence-electron chi connectivity index (χ4n) is 18.5. The van der Waals surface area contributed by atoms with Crippen LogP contribution in [0, 0.1) is 0 Å². The van der Waals surface area contributed by atoms with E-state index in [1.54, 1.807) is 0 Å². The highest BCUT2D eigenvalue weighted by Gasteiger charge is 2.28. The molecule has 0 radical (unpaired) electrons. The second-order valence-electron chi connectivity index (χ2n) is 30.2. The van der Waals surface area contributed by atoms with Crippen molar-refractivity contribution in [1.29, 1.82) is 0 Å². The second kappa shape index (κ2) is 26.6. The van der Waals surface area contributed by atoms with Crippen LogP contribution in [0.25, 0.3) is 176 Å². The lowest BCUT2D eigenvalue weighted by molar-refractivity contribution is 0.669. The maximum atomic E-state index is 6.78. The molecule has 0 bridgehead atoms. The molecule has 0 atom stereocenters. The Balaban J connectivity index is 0.715. The summed E-state index contributed by atoms with van der Waals surface area (Å²) >= 11 is 5.61. The van der Waals surface area contributed by atoms with Gasteiger partial charge in [0.1, 0.15) is 11.2 Å². The van der Waals surface area contributed by atoms with Crippen molar-refractivity contribution < 1.29 is 4.42 Å². The lowest BCUT2D eigenvalue weighted by Crippen LogP contribution is -2.11. The number of nitrogens with zero attached hydrogens (tertiary/aromatic N) is 4. The standard InChI is InChI=1S/C108H66N4OS3/c1-4-27-73(28-5-1)109(74-29-6-2-7-30-74)81-51-55-90-103(66-81)115-102-59-56-96(111(78-49-44-67-22-10-11-23-69(67)60-78)80-52-57-97-92(64-80)91-62-70-24-12-13-25-71(70)63-98(91)113-97)106(107(90)102)84-36-18-26-72-61-77(50-54-82(72)84)110(76-47-45-68(46-48-76)83-35-21-43-101-105(83)89-34-15-17-42-99(89)114-101)79-53-58-100-93(65-79)87-39-19-38-86(108(87)116-100)85-37-20-41-95-104(85)88-33-14-16-40-94(88)112(95)75-31-8-3-9-32-75/h1-66H. The third-order valence-electron chi connectivity index (χ3n) is 23.7. The molecule has 0 saturated heterocycles. The van der Waals surface area contributed by atoms with Crippen LogP contribution in [0.4, 0.5) is 51.2 Å². The fourth-order valence-corrected chi connectivity index (χ4v) is 22.0. The average molecular weight is 1530 g/mol. The molecule has 0 amide bonds. The van der Waals surface area contributed by atoms with Crippen LogP contribution in [-0.2, 0) is 0 Å². The van der Waals surface area contributed by atoms with Crippen LogP contribution in [0.2, 0.25) is 0 Å². The van der Waals surface area contributed by atoms with Gasteiger partial charge in [0, 0.05) is 144 Å². The number of aromatic nitrogens is 1. The first-order chi connectivity index (χ1) is 57.5. The summed E-state index contributed by atoms with van der Waals surface area (Å²) in [7, 11) is 0. The quantitative estimate of drug-likeness (QED) is 0.115. The minimum Gasteiger partial charge on any atom is -0.456 e. The summed E-state index contributed by atoms with van der Waals surface area (Å²) in [6, 6.07) is 148. The zero-order chi connectivity index (χ0) is 76.1. The number of hydrogen-bond acceptors (Lipinski definition) is 7. The molecule has 0 saturated carbocycles. The van der Waals surface area contributed by atoms with Crippen molar-refractivity contribution in [1.82, 2.24) is 4.57 Å². The molecule has 0 N–H and O–H groups in total. The van der Waals surface area contributed by atoms with Gasteiger partial charge in [0.15, 0.2) is 0 Å². The van der Waals surface area contributed by atoms with E-state index in [0.717, 1.165) is 111 Å². The molecule has 0 fully saturated rings. The van der Waals surface area contributed by atoms with E-state index in [4.69, 9.17) is 4.42 Å². The van der Waals surface area contributed by atoms with E-state index in [2.05, 4.69) is 420 Å². The Bertz CT molecular complexity index is 8080. The van der Waals surface area contributed by atoms with Gasteiger partial charge in [-0.3, -0.25) is 0 Å². The molecule has 24 aromatic rings. The minimum absolute atomic E-state index is 0.846. The Kier molecular flexibility index (Phi) is 15.2. The van der Waals surface area contributed by atoms with Crippen LogP contribution in [0.15, 0.2) is 405 Å². The molecule has 5 nitrogen and oxygen atoms in total. The smallest absolute Gasteiger partial charge is 0.136 e. The van der Waals surface area contributed by atoms with Gasteiger partial charge >= 0.3 is 0 Å². The summed E-state index contributed by atoms with van der Waals surface area (Å²) < 4.78 is 16.7. The van der Waals surface area contributed by atoms with Gasteiger partial charge in [-0.05, 0) is 224 Å². The lowest BCUT2D eigenvalue weighted by Gasteiger charge is -2.29. The van der Waals surface area contributed by atoms with E-state index < -0.39 is 0 Å². The molecule has 19 aromatic carbocycles. The van der Waals surface area contributed by atoms with Gasteiger partial charge in [-0.15, -0.1) is 34.0 Å². The summed E-state index contributed by atoms with van der Waals surface area (Å²) in [5.74, 6) is 0. The number of hydrogen-bond donors (Lipinski definition) is 0. The molecule has 0 spiro atoms. The molecule has 542 valence electrons. The monoisotopic (exact) mass is 1530 g/mol. The van der Waals surface area contributed by atoms with Gasteiger partial charge < -0.3 is 23.7 Å². The molecule has 24 rings (SSSR count). The van der Waals surface area contributed by atoms with Crippen molar-refractivity contribution in [3.63, 3.8) is 0 Å². The van der Waals surface area contributed by atoms with Crippen LogP contribution in [0.1, 0.15) is 0 Å². The third kappa shape index (κ3) is 10.7. The zero-order valence-corrected chi connectivity index (χ0v) is 65.0. The van der Waals surface area contributed by atoms with Crippen molar-refractivity contribution >= 4 is 222 Å². The number of fused-ring (bicyclic) bond motifs is 18. The number of benzene rings is 19. The zero-order valence-electron chi connectivity index (χ0n) is 62.5. The minimum atomic E-state index is 0.846. The molecular formula is C108H66N4OS3. The number of thiophene rings is 3. The Morgan fingerprint density at radius 1 is 0.224 bits per heavy atom. The highest BCUT2D eigenvalue weighted by atomic mass is 32.1. The van der Waals surface area contributed by atoms with Crippen LogP contribution < -0.4 is 14.7 Å². The van der Waals surface area contributed by atoms with Crippen molar-refractivity contribution in [2.45, 2.75) is 0 Å². The van der Waals surface area contributed by atoms with E-state index in [1.807, 2.05) is 34.0 Å². The van der Waals surface area contributed by atoms with Gasteiger partial charge in [-0.25, -0.2) is 0 Å². The van der Waals surface area contributed by atoms with Gasteiger partial charge in [0.2, 0.25) is 0 Å². The highest BCUT2D eigenvalue weighted by molar-refractivity contribution is 7.27. The van der Waals surface area contributed by atoms with E-state index in [9.17, 15) is 0 Å². The van der Waals surface area contributed by atoms with Crippen molar-refractivity contribution in [3.05, 3.63) is 400 Å². The first-order valence-electron chi connectivity index (χ1n) is 39.4. The third-order valence-corrected chi connectivity index (χ3v) is 27.1. The summed E-state index contributed by atoms with van der Waals surface area (Å²) in [6.07, 6.45) is 0. The van der Waals surface area contributed by atoms with Crippen LogP contribution in [0.5, 0.6) is 0 Å². The maximum Gasteiger partial charge on any atom is 0.136 e. The summed E-state index contributed by atoms with van der Waals surface area (Å²) in [5.41, 5.74) is 22.0. The number of anilines is 9. The van der Waals surface area contributed by atoms with Crippen molar-refractivity contribution in [3.8, 4) is 39.1 Å². The van der Waals surface area contributed by atoms with E-state index in [1.165, 1.54) is 115 Å². The summed E-state index contributed by atoms with van der Waals surface area (Å²) in [5, 5.41) is 19.0.